The van der Waals surface area contributed by atoms with E-state index in [-0.39, 0.29) is 30.4 Å². The van der Waals surface area contributed by atoms with E-state index < -0.39 is 0 Å². The summed E-state index contributed by atoms with van der Waals surface area (Å²) in [5, 5.41) is 2.61. The minimum atomic E-state index is -0.296. The fourth-order valence-electron chi connectivity index (χ4n) is 2.21. The van der Waals surface area contributed by atoms with Gasteiger partial charge in [0.15, 0.2) is 0 Å². The Balaban J connectivity index is 2.09. The quantitative estimate of drug-likeness (QED) is 0.699. The van der Waals surface area contributed by atoms with Crippen LogP contribution in [0.1, 0.15) is 19.8 Å². The molecule has 0 aliphatic carbocycles. The zero-order chi connectivity index (χ0) is 10.8. The van der Waals surface area contributed by atoms with Crippen molar-refractivity contribution in [1.82, 2.24) is 10.2 Å². The SMILES string of the molecule is CC1C(=O)NCC(=O)N1C1CCCSC1. The van der Waals surface area contributed by atoms with Gasteiger partial charge in [-0.05, 0) is 25.5 Å². The number of piperazine rings is 1. The molecule has 15 heavy (non-hydrogen) atoms. The average Bonchev–Trinajstić information content (AvgIpc) is 2.26. The number of amides is 2. The van der Waals surface area contributed by atoms with Crippen molar-refractivity contribution in [3.05, 3.63) is 0 Å². The molecular formula is C10H16N2O2S. The standard InChI is InChI=1S/C10H16N2O2S/c1-7-10(14)11-5-9(13)12(7)8-3-2-4-15-6-8/h7-8H,2-6H2,1H3,(H,11,14). The van der Waals surface area contributed by atoms with Gasteiger partial charge in [-0.15, -0.1) is 0 Å². The van der Waals surface area contributed by atoms with Gasteiger partial charge in [-0.25, -0.2) is 0 Å². The lowest BCUT2D eigenvalue weighted by molar-refractivity contribution is -0.147. The van der Waals surface area contributed by atoms with Gasteiger partial charge >= 0.3 is 0 Å². The smallest absolute Gasteiger partial charge is 0.242 e. The summed E-state index contributed by atoms with van der Waals surface area (Å²) in [4.78, 5) is 25.0. The van der Waals surface area contributed by atoms with Crippen LogP contribution in [-0.2, 0) is 9.59 Å². The molecule has 5 heteroatoms. The fraction of sp³-hybridized carbons (Fsp3) is 0.800. The van der Waals surface area contributed by atoms with E-state index in [1.807, 2.05) is 18.7 Å². The van der Waals surface area contributed by atoms with Crippen LogP contribution in [-0.4, -0.2) is 46.8 Å². The Labute approximate surface area is 93.8 Å². The third kappa shape index (κ3) is 2.12. The van der Waals surface area contributed by atoms with E-state index in [4.69, 9.17) is 0 Å². The summed E-state index contributed by atoms with van der Waals surface area (Å²) in [6.07, 6.45) is 2.18. The molecule has 2 fully saturated rings. The molecule has 0 aromatic carbocycles. The van der Waals surface area contributed by atoms with Crippen molar-refractivity contribution in [2.75, 3.05) is 18.1 Å². The summed E-state index contributed by atoms with van der Waals surface area (Å²) in [6, 6.07) is -0.0350. The van der Waals surface area contributed by atoms with Crippen LogP contribution in [0.4, 0.5) is 0 Å². The largest absolute Gasteiger partial charge is 0.345 e. The fourth-order valence-corrected chi connectivity index (χ4v) is 3.34. The Bertz CT molecular complexity index is 277. The Kier molecular flexibility index (Phi) is 3.19. The molecule has 2 unspecified atom stereocenters. The number of thioether (sulfide) groups is 1. The van der Waals surface area contributed by atoms with Crippen molar-refractivity contribution in [2.24, 2.45) is 0 Å². The van der Waals surface area contributed by atoms with E-state index in [0.717, 1.165) is 18.6 Å². The van der Waals surface area contributed by atoms with Crippen LogP contribution in [0.25, 0.3) is 0 Å². The molecule has 2 rings (SSSR count). The van der Waals surface area contributed by atoms with E-state index in [9.17, 15) is 9.59 Å². The molecule has 2 aliphatic heterocycles. The average molecular weight is 228 g/mol. The topological polar surface area (TPSA) is 49.4 Å². The lowest BCUT2D eigenvalue weighted by Crippen LogP contribution is -2.61. The van der Waals surface area contributed by atoms with Crippen molar-refractivity contribution in [2.45, 2.75) is 31.8 Å². The van der Waals surface area contributed by atoms with E-state index in [2.05, 4.69) is 5.32 Å². The monoisotopic (exact) mass is 228 g/mol. The highest BCUT2D eigenvalue weighted by molar-refractivity contribution is 7.99. The molecule has 0 aromatic rings. The molecule has 2 saturated heterocycles. The minimum Gasteiger partial charge on any atom is -0.345 e. The third-order valence-corrected chi connectivity index (χ3v) is 4.23. The third-order valence-electron chi connectivity index (χ3n) is 3.03. The molecule has 2 aliphatic rings. The molecule has 0 spiro atoms. The number of rotatable bonds is 1. The predicted octanol–water partition coefficient (Wildman–Crippen LogP) is 0.229. The number of nitrogens with zero attached hydrogens (tertiary/aromatic N) is 1. The Morgan fingerprint density at radius 1 is 1.47 bits per heavy atom. The lowest BCUT2D eigenvalue weighted by Gasteiger charge is -2.40. The molecule has 4 nitrogen and oxygen atoms in total. The van der Waals surface area contributed by atoms with Crippen molar-refractivity contribution in [1.29, 1.82) is 0 Å². The van der Waals surface area contributed by atoms with Crippen LogP contribution in [0.2, 0.25) is 0 Å². The highest BCUT2D eigenvalue weighted by Gasteiger charge is 2.36. The molecule has 1 N–H and O–H groups in total. The second-order valence-corrected chi connectivity index (χ2v) is 5.22. The van der Waals surface area contributed by atoms with Gasteiger partial charge in [0.05, 0.1) is 6.54 Å². The number of hydrogen-bond acceptors (Lipinski definition) is 3. The van der Waals surface area contributed by atoms with E-state index in [0.29, 0.717) is 0 Å². The summed E-state index contributed by atoms with van der Waals surface area (Å²) in [6.45, 7) is 1.98. The van der Waals surface area contributed by atoms with Gasteiger partial charge in [0.2, 0.25) is 11.8 Å². The molecule has 2 amide bonds. The highest BCUT2D eigenvalue weighted by Crippen LogP contribution is 2.24. The zero-order valence-corrected chi connectivity index (χ0v) is 9.68. The molecule has 0 aromatic heterocycles. The summed E-state index contributed by atoms with van der Waals surface area (Å²) >= 11 is 1.88. The molecular weight excluding hydrogens is 212 g/mol. The summed E-state index contributed by atoms with van der Waals surface area (Å²) in [7, 11) is 0. The molecule has 0 radical (unpaired) electrons. The first-order valence-corrected chi connectivity index (χ1v) is 6.52. The normalized spacial score (nSPS) is 32.7. The molecule has 2 atom stereocenters. The first-order chi connectivity index (χ1) is 7.20. The molecule has 2 heterocycles. The maximum absolute atomic E-state index is 11.8. The van der Waals surface area contributed by atoms with Crippen LogP contribution in [0.5, 0.6) is 0 Å². The van der Waals surface area contributed by atoms with Gasteiger partial charge in [0.25, 0.3) is 0 Å². The van der Waals surface area contributed by atoms with E-state index >= 15 is 0 Å². The number of nitrogens with one attached hydrogen (secondary N) is 1. The summed E-state index contributed by atoms with van der Waals surface area (Å²) in [5.41, 5.74) is 0. The van der Waals surface area contributed by atoms with E-state index in [1.54, 1.807) is 4.90 Å². The van der Waals surface area contributed by atoms with Crippen molar-refractivity contribution >= 4 is 23.6 Å². The maximum atomic E-state index is 11.8. The van der Waals surface area contributed by atoms with Crippen LogP contribution in [0, 0.1) is 0 Å². The van der Waals surface area contributed by atoms with Gasteiger partial charge in [-0.3, -0.25) is 9.59 Å². The van der Waals surface area contributed by atoms with Gasteiger partial charge < -0.3 is 10.2 Å². The Morgan fingerprint density at radius 3 is 2.93 bits per heavy atom. The van der Waals surface area contributed by atoms with Gasteiger partial charge in [-0.1, -0.05) is 0 Å². The lowest BCUT2D eigenvalue weighted by atomic mass is 10.1. The minimum absolute atomic E-state index is 0.0230. The van der Waals surface area contributed by atoms with Crippen LogP contribution >= 0.6 is 11.8 Å². The van der Waals surface area contributed by atoms with Crippen LogP contribution < -0.4 is 5.32 Å². The maximum Gasteiger partial charge on any atom is 0.242 e. The Morgan fingerprint density at radius 2 is 2.27 bits per heavy atom. The first kappa shape index (κ1) is 10.8. The highest BCUT2D eigenvalue weighted by atomic mass is 32.2. The number of hydrogen-bond donors (Lipinski definition) is 1. The summed E-state index contributed by atoms with van der Waals surface area (Å²) < 4.78 is 0. The number of carbonyl (C=O) groups excluding carboxylic acids is 2. The van der Waals surface area contributed by atoms with Crippen LogP contribution in [0.15, 0.2) is 0 Å². The zero-order valence-electron chi connectivity index (χ0n) is 8.86. The second-order valence-electron chi connectivity index (χ2n) is 4.07. The van der Waals surface area contributed by atoms with E-state index in [1.165, 1.54) is 5.75 Å². The van der Waals surface area contributed by atoms with Crippen LogP contribution in [0.3, 0.4) is 0 Å². The van der Waals surface area contributed by atoms with Crippen molar-refractivity contribution < 1.29 is 9.59 Å². The molecule has 84 valence electrons. The predicted molar refractivity (Wildman–Crippen MR) is 59.7 cm³/mol. The van der Waals surface area contributed by atoms with Gasteiger partial charge in [-0.2, -0.15) is 11.8 Å². The second kappa shape index (κ2) is 4.43. The number of carbonyl (C=O) groups is 2. The van der Waals surface area contributed by atoms with Crippen molar-refractivity contribution in [3.63, 3.8) is 0 Å². The first-order valence-electron chi connectivity index (χ1n) is 5.37. The summed E-state index contributed by atoms with van der Waals surface area (Å²) in [5.74, 6) is 2.20. The van der Waals surface area contributed by atoms with Crippen molar-refractivity contribution in [3.8, 4) is 0 Å². The molecule has 0 bridgehead atoms. The van der Waals surface area contributed by atoms with Gasteiger partial charge in [0.1, 0.15) is 6.04 Å². The Hall–Kier alpha value is -0.710. The van der Waals surface area contributed by atoms with Gasteiger partial charge in [0, 0.05) is 11.8 Å². The molecule has 0 saturated carbocycles.